The predicted octanol–water partition coefficient (Wildman–Crippen LogP) is 1.44. The fourth-order valence-electron chi connectivity index (χ4n) is 0.685. The number of benzene rings is 1. The molecule has 1 aromatic carbocycles. The first kappa shape index (κ1) is 9.31. The lowest BCUT2D eigenvalue weighted by molar-refractivity contribution is 0.459. The number of nitrogens with two attached hydrogens (primary N) is 1. The number of halogens is 1. The van der Waals surface area contributed by atoms with Crippen LogP contribution in [0.5, 0.6) is 5.75 Å². The second-order valence-electron chi connectivity index (χ2n) is 1.96. The van der Waals surface area contributed by atoms with E-state index in [0.717, 1.165) is 0 Å². The molecule has 12 heavy (non-hydrogen) atoms. The molecular formula is C6H6ClNO3S. The Bertz CT molecular complexity index is 297. The van der Waals surface area contributed by atoms with Crippen LogP contribution >= 0.6 is 11.6 Å². The van der Waals surface area contributed by atoms with E-state index in [2.05, 4.69) is 4.18 Å². The largest absolute Gasteiger partial charge is 0.396 e. The van der Waals surface area contributed by atoms with Gasteiger partial charge in [-0.25, -0.2) is 0 Å². The van der Waals surface area contributed by atoms with Gasteiger partial charge in [-0.2, -0.15) is 4.21 Å². The van der Waals surface area contributed by atoms with Gasteiger partial charge in [0.05, 0.1) is 10.7 Å². The van der Waals surface area contributed by atoms with Crippen LogP contribution in [-0.2, 0) is 11.4 Å². The fraction of sp³-hybridized carbons (Fsp3) is 0. The van der Waals surface area contributed by atoms with Crippen LogP contribution in [0.3, 0.4) is 0 Å². The van der Waals surface area contributed by atoms with Crippen molar-refractivity contribution in [1.82, 2.24) is 0 Å². The van der Waals surface area contributed by atoms with Gasteiger partial charge in [0, 0.05) is 0 Å². The van der Waals surface area contributed by atoms with Crippen molar-refractivity contribution in [3.05, 3.63) is 23.2 Å². The van der Waals surface area contributed by atoms with Crippen LogP contribution in [0.2, 0.25) is 5.02 Å². The molecule has 4 nitrogen and oxygen atoms in total. The van der Waals surface area contributed by atoms with Crippen molar-refractivity contribution in [2.45, 2.75) is 0 Å². The van der Waals surface area contributed by atoms with Crippen LogP contribution in [-0.4, -0.2) is 8.76 Å². The Labute approximate surface area is 76.8 Å². The maximum atomic E-state index is 10.2. The van der Waals surface area contributed by atoms with Crippen molar-refractivity contribution in [1.29, 1.82) is 0 Å². The Balaban J connectivity index is 3.04. The molecule has 66 valence electrons. The van der Waals surface area contributed by atoms with Gasteiger partial charge in [-0.3, -0.25) is 4.55 Å². The normalized spacial score (nSPS) is 12.5. The molecule has 1 unspecified atom stereocenters. The number of rotatable bonds is 2. The summed E-state index contributed by atoms with van der Waals surface area (Å²) in [7, 11) is 0. The maximum Gasteiger partial charge on any atom is 0.357 e. The van der Waals surface area contributed by atoms with Crippen LogP contribution in [0.15, 0.2) is 18.2 Å². The lowest BCUT2D eigenvalue weighted by Crippen LogP contribution is -2.01. The quantitative estimate of drug-likeness (QED) is 0.569. The molecule has 0 radical (unpaired) electrons. The SMILES string of the molecule is Nc1cccc(Cl)c1OS(=O)O. The molecule has 0 saturated carbocycles. The van der Waals surface area contributed by atoms with Crippen LogP contribution in [0.4, 0.5) is 5.69 Å². The Morgan fingerprint density at radius 2 is 2.25 bits per heavy atom. The third kappa shape index (κ3) is 2.10. The van der Waals surface area contributed by atoms with Gasteiger partial charge in [-0.05, 0) is 12.1 Å². The number of hydrogen-bond donors (Lipinski definition) is 2. The lowest BCUT2D eigenvalue weighted by Gasteiger charge is -2.04. The number of nitrogen functional groups attached to an aromatic ring is 1. The highest BCUT2D eigenvalue weighted by Crippen LogP contribution is 2.30. The maximum absolute atomic E-state index is 10.2. The highest BCUT2D eigenvalue weighted by molar-refractivity contribution is 7.74. The third-order valence-electron chi connectivity index (χ3n) is 1.15. The Morgan fingerprint density at radius 3 is 2.75 bits per heavy atom. The van der Waals surface area contributed by atoms with E-state index in [1.54, 1.807) is 6.07 Å². The molecule has 1 rings (SSSR count). The zero-order valence-corrected chi connectivity index (χ0v) is 7.43. The molecule has 6 heteroatoms. The number of para-hydroxylation sites is 1. The molecular weight excluding hydrogens is 202 g/mol. The monoisotopic (exact) mass is 207 g/mol. The third-order valence-corrected chi connectivity index (χ3v) is 1.76. The summed E-state index contributed by atoms with van der Waals surface area (Å²) >= 11 is 3.22. The molecule has 0 aliphatic carbocycles. The van der Waals surface area contributed by atoms with Crippen LogP contribution in [0.1, 0.15) is 0 Å². The van der Waals surface area contributed by atoms with E-state index >= 15 is 0 Å². The van der Waals surface area contributed by atoms with E-state index in [1.165, 1.54) is 12.1 Å². The minimum atomic E-state index is -2.40. The topological polar surface area (TPSA) is 72.5 Å². The van der Waals surface area contributed by atoms with E-state index in [1.807, 2.05) is 0 Å². The smallest absolute Gasteiger partial charge is 0.357 e. The minimum absolute atomic E-state index is 0.0278. The molecule has 0 heterocycles. The Morgan fingerprint density at radius 1 is 1.58 bits per heavy atom. The minimum Gasteiger partial charge on any atom is -0.396 e. The van der Waals surface area contributed by atoms with Crippen molar-refractivity contribution in [3.8, 4) is 5.75 Å². The molecule has 0 aliphatic heterocycles. The van der Waals surface area contributed by atoms with Crippen LogP contribution < -0.4 is 9.92 Å². The first-order chi connectivity index (χ1) is 5.61. The zero-order chi connectivity index (χ0) is 9.14. The van der Waals surface area contributed by atoms with E-state index in [-0.39, 0.29) is 16.5 Å². The molecule has 1 atom stereocenters. The van der Waals surface area contributed by atoms with Gasteiger partial charge in [0.2, 0.25) is 0 Å². The Kier molecular flexibility index (Phi) is 2.91. The summed E-state index contributed by atoms with van der Waals surface area (Å²) in [6, 6.07) is 4.65. The van der Waals surface area contributed by atoms with Gasteiger partial charge in [0.1, 0.15) is 0 Å². The molecule has 0 bridgehead atoms. The summed E-state index contributed by atoms with van der Waals surface area (Å²) in [6.45, 7) is 0. The van der Waals surface area contributed by atoms with Crippen molar-refractivity contribution in [2.24, 2.45) is 0 Å². The van der Waals surface area contributed by atoms with Crippen LogP contribution in [0, 0.1) is 0 Å². The van der Waals surface area contributed by atoms with E-state index in [0.29, 0.717) is 0 Å². The Hall–Kier alpha value is -0.780. The molecule has 0 saturated heterocycles. The van der Waals surface area contributed by atoms with Gasteiger partial charge >= 0.3 is 11.4 Å². The summed E-state index contributed by atoms with van der Waals surface area (Å²) in [5, 5.41) is 0.206. The summed E-state index contributed by atoms with van der Waals surface area (Å²) in [5.74, 6) is 0.0278. The van der Waals surface area contributed by atoms with Gasteiger partial charge in [0.25, 0.3) is 0 Å². The van der Waals surface area contributed by atoms with Gasteiger partial charge < -0.3 is 9.92 Å². The van der Waals surface area contributed by atoms with Crippen molar-refractivity contribution in [3.63, 3.8) is 0 Å². The number of anilines is 1. The highest BCUT2D eigenvalue weighted by Gasteiger charge is 2.07. The second kappa shape index (κ2) is 3.75. The van der Waals surface area contributed by atoms with E-state index in [4.69, 9.17) is 21.9 Å². The van der Waals surface area contributed by atoms with Crippen molar-refractivity contribution < 1.29 is 12.9 Å². The summed E-state index contributed by atoms with van der Waals surface area (Å²) in [6.07, 6.45) is 0. The molecule has 0 amide bonds. The molecule has 3 N–H and O–H groups in total. The molecule has 0 spiro atoms. The van der Waals surface area contributed by atoms with Gasteiger partial charge in [-0.15, -0.1) is 0 Å². The van der Waals surface area contributed by atoms with Crippen molar-refractivity contribution >= 4 is 28.6 Å². The zero-order valence-electron chi connectivity index (χ0n) is 5.86. The van der Waals surface area contributed by atoms with E-state index < -0.39 is 11.4 Å². The fourth-order valence-corrected chi connectivity index (χ4v) is 1.28. The molecule has 0 fully saturated rings. The summed E-state index contributed by atoms with van der Waals surface area (Å²) in [4.78, 5) is 0. The number of hydrogen-bond acceptors (Lipinski definition) is 3. The summed E-state index contributed by atoms with van der Waals surface area (Å²) < 4.78 is 23.1. The summed E-state index contributed by atoms with van der Waals surface area (Å²) in [5.41, 5.74) is 5.64. The first-order valence-corrected chi connectivity index (χ1v) is 4.35. The van der Waals surface area contributed by atoms with Crippen LogP contribution in [0.25, 0.3) is 0 Å². The average Bonchev–Trinajstić information content (AvgIpc) is 1.97. The standard InChI is InChI=1S/C6H6ClNO3S/c7-4-2-1-3-5(8)6(4)11-12(9)10/h1-3H,8H2,(H,9,10). The molecule has 0 aliphatic rings. The van der Waals surface area contributed by atoms with E-state index in [9.17, 15) is 4.21 Å². The molecule has 1 aromatic rings. The lowest BCUT2D eigenvalue weighted by atomic mass is 10.3. The molecule has 0 aromatic heterocycles. The predicted molar refractivity (Wildman–Crippen MR) is 47.3 cm³/mol. The van der Waals surface area contributed by atoms with Gasteiger partial charge in [-0.1, -0.05) is 17.7 Å². The van der Waals surface area contributed by atoms with Gasteiger partial charge in [0.15, 0.2) is 5.75 Å². The van der Waals surface area contributed by atoms with Crippen molar-refractivity contribution in [2.75, 3.05) is 5.73 Å². The second-order valence-corrected chi connectivity index (χ2v) is 2.97. The average molecular weight is 208 g/mol. The highest BCUT2D eigenvalue weighted by atomic mass is 35.5. The first-order valence-electron chi connectivity index (χ1n) is 2.94.